The van der Waals surface area contributed by atoms with Gasteiger partial charge in [0.25, 0.3) is 0 Å². The molecule has 0 fully saturated rings. The van der Waals surface area contributed by atoms with Gasteiger partial charge >= 0.3 is 0 Å². The Morgan fingerprint density at radius 1 is 1.39 bits per heavy atom. The van der Waals surface area contributed by atoms with Crippen molar-refractivity contribution in [1.82, 2.24) is 9.78 Å². The SMILES string of the molecule is Cn1nc(CCN)c(Br)c1-c1ccc(F)cc1F. The fourth-order valence-electron chi connectivity index (χ4n) is 1.82. The second-order valence-electron chi connectivity index (χ2n) is 3.90. The van der Waals surface area contributed by atoms with Crippen LogP contribution in [0.5, 0.6) is 0 Å². The van der Waals surface area contributed by atoms with Crippen molar-refractivity contribution in [1.29, 1.82) is 0 Å². The maximum Gasteiger partial charge on any atom is 0.135 e. The number of hydrogen-bond donors (Lipinski definition) is 1. The van der Waals surface area contributed by atoms with Crippen molar-refractivity contribution in [2.24, 2.45) is 12.8 Å². The molecule has 0 saturated carbocycles. The summed E-state index contributed by atoms with van der Waals surface area (Å²) in [7, 11) is 1.71. The van der Waals surface area contributed by atoms with Gasteiger partial charge in [-0.15, -0.1) is 0 Å². The van der Waals surface area contributed by atoms with Gasteiger partial charge in [0.05, 0.1) is 15.9 Å². The van der Waals surface area contributed by atoms with E-state index >= 15 is 0 Å². The van der Waals surface area contributed by atoms with E-state index in [-0.39, 0.29) is 0 Å². The Morgan fingerprint density at radius 3 is 2.72 bits per heavy atom. The molecule has 6 heteroatoms. The van der Waals surface area contributed by atoms with Crippen LogP contribution < -0.4 is 5.73 Å². The Bertz CT molecular complexity index is 581. The second-order valence-corrected chi connectivity index (χ2v) is 4.69. The monoisotopic (exact) mass is 315 g/mol. The van der Waals surface area contributed by atoms with Crippen LogP contribution in [0.2, 0.25) is 0 Å². The molecular weight excluding hydrogens is 304 g/mol. The number of halogens is 3. The predicted octanol–water partition coefficient (Wildman–Crippen LogP) is 2.63. The summed E-state index contributed by atoms with van der Waals surface area (Å²) in [5.74, 6) is -1.21. The molecule has 0 radical (unpaired) electrons. The van der Waals surface area contributed by atoms with E-state index in [2.05, 4.69) is 21.0 Å². The highest BCUT2D eigenvalue weighted by Crippen LogP contribution is 2.32. The lowest BCUT2D eigenvalue weighted by atomic mass is 10.1. The summed E-state index contributed by atoms with van der Waals surface area (Å²) in [5.41, 5.74) is 7.13. The third-order valence-corrected chi connectivity index (χ3v) is 3.46. The van der Waals surface area contributed by atoms with Gasteiger partial charge in [-0.05, 0) is 34.6 Å². The number of aromatic nitrogens is 2. The third kappa shape index (κ3) is 2.30. The molecule has 18 heavy (non-hydrogen) atoms. The Balaban J connectivity index is 2.56. The molecule has 0 amide bonds. The van der Waals surface area contributed by atoms with Crippen LogP contribution in [0, 0.1) is 11.6 Å². The maximum absolute atomic E-state index is 13.8. The van der Waals surface area contributed by atoms with E-state index in [1.54, 1.807) is 11.7 Å². The van der Waals surface area contributed by atoms with E-state index in [0.717, 1.165) is 11.8 Å². The molecule has 2 N–H and O–H groups in total. The molecule has 0 spiro atoms. The van der Waals surface area contributed by atoms with Gasteiger partial charge in [-0.1, -0.05) is 0 Å². The third-order valence-electron chi connectivity index (χ3n) is 2.62. The zero-order valence-electron chi connectivity index (χ0n) is 9.75. The number of benzene rings is 1. The molecule has 0 aliphatic carbocycles. The first-order valence-electron chi connectivity index (χ1n) is 5.41. The van der Waals surface area contributed by atoms with E-state index in [4.69, 9.17) is 5.73 Å². The smallest absolute Gasteiger partial charge is 0.135 e. The van der Waals surface area contributed by atoms with Crippen LogP contribution in [0.25, 0.3) is 11.3 Å². The Kier molecular flexibility index (Phi) is 3.77. The number of aryl methyl sites for hydroxylation is 1. The quantitative estimate of drug-likeness (QED) is 0.946. The number of nitrogens with zero attached hydrogens (tertiary/aromatic N) is 2. The summed E-state index contributed by atoms with van der Waals surface area (Å²) in [6.07, 6.45) is 0.594. The van der Waals surface area contributed by atoms with Crippen molar-refractivity contribution in [2.75, 3.05) is 6.54 Å². The zero-order valence-corrected chi connectivity index (χ0v) is 11.3. The average molecular weight is 316 g/mol. The molecular formula is C12H12BrF2N3. The van der Waals surface area contributed by atoms with Gasteiger partial charge in [0.1, 0.15) is 11.6 Å². The summed E-state index contributed by atoms with van der Waals surface area (Å²) in [4.78, 5) is 0. The van der Waals surface area contributed by atoms with E-state index in [1.165, 1.54) is 12.1 Å². The highest BCUT2D eigenvalue weighted by atomic mass is 79.9. The average Bonchev–Trinajstić information content (AvgIpc) is 2.56. The molecule has 1 aromatic carbocycles. The van der Waals surface area contributed by atoms with Crippen molar-refractivity contribution in [3.8, 4) is 11.3 Å². The van der Waals surface area contributed by atoms with E-state index in [0.29, 0.717) is 28.7 Å². The minimum Gasteiger partial charge on any atom is -0.330 e. The molecule has 0 saturated heterocycles. The van der Waals surface area contributed by atoms with Crippen LogP contribution in [0.3, 0.4) is 0 Å². The number of rotatable bonds is 3. The molecule has 2 rings (SSSR count). The van der Waals surface area contributed by atoms with Gasteiger partial charge in [0, 0.05) is 25.1 Å². The summed E-state index contributed by atoms with van der Waals surface area (Å²) in [6.45, 7) is 0.459. The van der Waals surface area contributed by atoms with E-state index in [9.17, 15) is 8.78 Å². The molecule has 0 unspecified atom stereocenters. The first kappa shape index (κ1) is 13.2. The normalized spacial score (nSPS) is 10.9. The van der Waals surface area contributed by atoms with Crippen molar-refractivity contribution in [3.05, 3.63) is 40.0 Å². The highest BCUT2D eigenvalue weighted by Gasteiger charge is 2.18. The number of nitrogens with two attached hydrogens (primary N) is 1. The Hall–Kier alpha value is -1.27. The van der Waals surface area contributed by atoms with Gasteiger partial charge in [-0.25, -0.2) is 8.78 Å². The van der Waals surface area contributed by atoms with Crippen molar-refractivity contribution in [3.63, 3.8) is 0 Å². The van der Waals surface area contributed by atoms with Crippen molar-refractivity contribution < 1.29 is 8.78 Å². The minimum atomic E-state index is -0.613. The van der Waals surface area contributed by atoms with Gasteiger partial charge in [-0.3, -0.25) is 4.68 Å². The first-order valence-corrected chi connectivity index (χ1v) is 6.20. The van der Waals surface area contributed by atoms with Crippen molar-refractivity contribution in [2.45, 2.75) is 6.42 Å². The van der Waals surface area contributed by atoms with E-state index in [1.807, 2.05) is 0 Å². The molecule has 1 heterocycles. The summed E-state index contributed by atoms with van der Waals surface area (Å²) >= 11 is 3.39. The lowest BCUT2D eigenvalue weighted by molar-refractivity contribution is 0.584. The maximum atomic E-state index is 13.8. The minimum absolute atomic E-state index is 0.307. The lowest BCUT2D eigenvalue weighted by Gasteiger charge is -2.04. The van der Waals surface area contributed by atoms with Crippen LogP contribution in [0.15, 0.2) is 22.7 Å². The second kappa shape index (κ2) is 5.16. The van der Waals surface area contributed by atoms with Crippen LogP contribution in [0.1, 0.15) is 5.69 Å². The van der Waals surface area contributed by atoms with Gasteiger partial charge in [0.15, 0.2) is 0 Å². The largest absolute Gasteiger partial charge is 0.330 e. The summed E-state index contributed by atoms with van der Waals surface area (Å²) < 4.78 is 28.9. The fourth-order valence-corrected chi connectivity index (χ4v) is 2.57. The molecule has 0 aliphatic heterocycles. The molecule has 0 aliphatic rings. The number of hydrogen-bond acceptors (Lipinski definition) is 2. The Labute approximate surface area is 112 Å². The Morgan fingerprint density at radius 2 is 2.11 bits per heavy atom. The molecule has 0 atom stereocenters. The van der Waals surface area contributed by atoms with Crippen LogP contribution >= 0.6 is 15.9 Å². The van der Waals surface area contributed by atoms with Gasteiger partial charge in [0.2, 0.25) is 0 Å². The summed E-state index contributed by atoms with van der Waals surface area (Å²) in [6, 6.07) is 3.48. The lowest BCUT2D eigenvalue weighted by Crippen LogP contribution is -2.04. The molecule has 2 aromatic rings. The van der Waals surface area contributed by atoms with Crippen LogP contribution in [-0.2, 0) is 13.5 Å². The van der Waals surface area contributed by atoms with Crippen LogP contribution in [-0.4, -0.2) is 16.3 Å². The molecule has 96 valence electrons. The topological polar surface area (TPSA) is 43.8 Å². The fraction of sp³-hybridized carbons (Fsp3) is 0.250. The van der Waals surface area contributed by atoms with Crippen molar-refractivity contribution >= 4 is 15.9 Å². The molecule has 0 bridgehead atoms. The van der Waals surface area contributed by atoms with E-state index < -0.39 is 11.6 Å². The van der Waals surface area contributed by atoms with Gasteiger partial charge in [-0.2, -0.15) is 5.10 Å². The molecule has 1 aromatic heterocycles. The zero-order chi connectivity index (χ0) is 13.3. The predicted molar refractivity (Wildman–Crippen MR) is 69.0 cm³/mol. The summed E-state index contributed by atoms with van der Waals surface area (Å²) in [5, 5.41) is 4.27. The first-order chi connectivity index (χ1) is 8.54. The van der Waals surface area contributed by atoms with Gasteiger partial charge < -0.3 is 5.73 Å². The molecule has 3 nitrogen and oxygen atoms in total. The standard InChI is InChI=1S/C12H12BrF2N3/c1-18-12(11(13)10(17-18)4-5-16)8-3-2-7(14)6-9(8)15/h2-3,6H,4-5,16H2,1H3. The highest BCUT2D eigenvalue weighted by molar-refractivity contribution is 9.10. The van der Waals surface area contributed by atoms with Crippen LogP contribution in [0.4, 0.5) is 8.78 Å².